The molecule has 2 aliphatic heterocycles. The molecule has 0 spiro atoms. The van der Waals surface area contributed by atoms with Gasteiger partial charge in [0, 0.05) is 125 Å². The van der Waals surface area contributed by atoms with E-state index in [-0.39, 0.29) is 69.3 Å². The molecule has 0 saturated carbocycles. The predicted octanol–water partition coefficient (Wildman–Crippen LogP) is 20.4. The number of likely N-dealkylation sites (tertiary alicyclic amines) is 2. The molecule has 2 saturated heterocycles. The molecule has 650 valence electrons. The highest BCUT2D eigenvalue weighted by molar-refractivity contribution is 6.03. The molecule has 0 aliphatic carbocycles. The topological polar surface area (TPSA) is 346 Å². The fraction of sp³-hybridized carbons (Fsp3) is 0.235. The molecule has 12 aromatic heterocycles. The molecule has 3 amide bonds. The fourth-order valence-electron chi connectivity index (χ4n) is 15.7. The second kappa shape index (κ2) is 37.9. The number of amides is 3. The van der Waals surface area contributed by atoms with Gasteiger partial charge >= 0.3 is 0 Å². The summed E-state index contributed by atoms with van der Waals surface area (Å²) in [7, 11) is 3.90. The third kappa shape index (κ3) is 19.2. The van der Waals surface area contributed by atoms with E-state index < -0.39 is 0 Å². The van der Waals surface area contributed by atoms with E-state index in [0.29, 0.717) is 93.1 Å². The van der Waals surface area contributed by atoms with Crippen molar-refractivity contribution in [1.82, 2.24) is 105 Å². The minimum Gasteiger partial charge on any atom is -0.335 e. The van der Waals surface area contributed by atoms with Gasteiger partial charge < -0.3 is 35.8 Å². The Morgan fingerprint density at radius 3 is 1.09 bits per heavy atom. The summed E-state index contributed by atoms with van der Waals surface area (Å²) in [4.78, 5) is 94.0. The first-order valence-corrected chi connectivity index (χ1v) is 41.4. The first-order chi connectivity index (χ1) is 60.7. The van der Waals surface area contributed by atoms with Crippen LogP contribution in [0.25, 0.3) is 167 Å². The van der Waals surface area contributed by atoms with Crippen molar-refractivity contribution in [2.45, 2.75) is 102 Å². The van der Waals surface area contributed by atoms with Crippen LogP contribution in [0.3, 0.4) is 0 Å². The Bertz CT molecular complexity index is 7140. The Labute approximate surface area is 736 Å². The van der Waals surface area contributed by atoms with Crippen molar-refractivity contribution in [2.24, 2.45) is 11.8 Å². The number of aromatic nitrogens is 18. The number of hydrogen-bond acceptors (Lipinski definition) is 18. The average molecular weight is 1720 g/mol. The standard InChI is InChI=1S/C32H29FN8O.C32H31FN8O.C31H27FN8O.3CH4/c1-18(2)32(42)36-24-11-22(13-34-14-24)20-4-5-27-25(12-20)30(40-39-27)31-37-28-16-35-15-26(29(28)38-31)21-8-19(9-23(33)10-21)17-41-6-3-7-41;1-18(2)7-29(42)36-24-11-22(13-34-14-24)20-5-6-27-25(12-20)31(40-39-27)32-37-28-16-35-15-26(30(28)38-32)21-8-19(17-41(3)4)9-23(33)10-21;1-2-28(41)35-23-11-21(13-33-14-23)19-4-5-26-24(12-19)30(39-38-26)31-36-27-16-34-15-25(29(27)37-31)20-8-18(9-22(32)10-20)17-40-6-3-7-40;;;/h4-5,8-16,18H,3,6-7,17H2,1-2H3,(H,36,42)(H,37,38)(H,39,40);5-6,8-16,18H,7,17H2,1-4H3,(H,36,42)(H,37,38)(H,39,40);4-5,8-16H,2-3,6-7,17H2,1H3,(H,35,41)(H,36,37)(H,38,39);3*1H4. The van der Waals surface area contributed by atoms with Gasteiger partial charge in [0.2, 0.25) is 17.7 Å². The van der Waals surface area contributed by atoms with Gasteiger partial charge in [0.05, 0.1) is 104 Å². The van der Waals surface area contributed by atoms with Crippen LogP contribution in [0.5, 0.6) is 0 Å². The summed E-state index contributed by atoms with van der Waals surface area (Å²) in [6.45, 7) is 15.8. The van der Waals surface area contributed by atoms with Crippen molar-refractivity contribution in [3.05, 3.63) is 236 Å². The van der Waals surface area contributed by atoms with Crippen LogP contribution in [0.1, 0.15) is 99.3 Å². The third-order valence-electron chi connectivity index (χ3n) is 22.0. The van der Waals surface area contributed by atoms with E-state index in [1.165, 1.54) is 31.0 Å². The maximum absolute atomic E-state index is 14.7. The molecule has 0 atom stereocenters. The zero-order valence-corrected chi connectivity index (χ0v) is 69.6. The second-order valence-corrected chi connectivity index (χ2v) is 32.6. The number of nitrogens with zero attached hydrogens (tertiary/aromatic N) is 15. The van der Waals surface area contributed by atoms with E-state index in [1.807, 2.05) is 145 Å². The molecule has 14 heterocycles. The number of hydrogen-bond donors (Lipinski definition) is 9. The van der Waals surface area contributed by atoms with Crippen molar-refractivity contribution in [2.75, 3.05) is 56.2 Å². The zero-order valence-electron chi connectivity index (χ0n) is 69.6. The van der Waals surface area contributed by atoms with Crippen LogP contribution >= 0.6 is 0 Å². The molecule has 0 radical (unpaired) electrons. The smallest absolute Gasteiger partial charge is 0.226 e. The van der Waals surface area contributed by atoms with Gasteiger partial charge in [-0.1, -0.05) is 75.1 Å². The molecule has 2 aliphatic rings. The van der Waals surface area contributed by atoms with Gasteiger partial charge in [-0.3, -0.25) is 69.4 Å². The SMILES string of the molecule is C.C.C.CC(C)C(=O)Nc1cncc(-c2ccc3[nH]nc(-c4nc5c(-c6cc(F)cc(CN7CCC7)c6)cncc5[nH]4)c3c2)c1.CC(C)CC(=O)Nc1cncc(-c2ccc3[nH]nc(-c4nc5c(-c6cc(F)cc(CN(C)C)c6)cncc5[nH]4)c3c2)c1.CCC(=O)Nc1cncc(-c2ccc3[nH]nc(-c4nc5c(-c6cc(F)cc(CN7CCC7)c6)cncc5[nH]4)c3c2)c1. The number of H-pyrrole nitrogens is 6. The van der Waals surface area contributed by atoms with Gasteiger partial charge in [0.25, 0.3) is 0 Å². The Balaban J connectivity index is 0.000000146. The highest BCUT2D eigenvalue weighted by Crippen LogP contribution is 2.40. The van der Waals surface area contributed by atoms with Gasteiger partial charge in [-0.2, -0.15) is 15.3 Å². The first kappa shape index (κ1) is 88.0. The lowest BCUT2D eigenvalue weighted by atomic mass is 10.0. The molecule has 20 rings (SSSR count). The van der Waals surface area contributed by atoms with E-state index in [9.17, 15) is 27.6 Å². The lowest BCUT2D eigenvalue weighted by molar-refractivity contribution is -0.119. The molecule has 30 heteroatoms. The van der Waals surface area contributed by atoms with Crippen molar-refractivity contribution >= 4 is 101 Å². The Hall–Kier alpha value is -14.9. The summed E-state index contributed by atoms with van der Waals surface area (Å²) in [5, 5.41) is 34.3. The maximum atomic E-state index is 14.7. The Morgan fingerprint density at radius 1 is 0.398 bits per heavy atom. The molecule has 2 fully saturated rings. The number of aromatic amines is 6. The highest BCUT2D eigenvalue weighted by atomic mass is 19.1. The summed E-state index contributed by atoms with van der Waals surface area (Å²) in [6, 6.07) is 39.0. The molecular weight excluding hydrogens is 1620 g/mol. The lowest BCUT2D eigenvalue weighted by Gasteiger charge is -2.30. The third-order valence-corrected chi connectivity index (χ3v) is 22.0. The molecule has 0 unspecified atom stereocenters. The summed E-state index contributed by atoms with van der Waals surface area (Å²) in [6.07, 6.45) is 23.7. The number of carbonyl (C=O) groups excluding carboxylic acids is 3. The molecule has 18 aromatic rings. The fourth-order valence-corrected chi connectivity index (χ4v) is 15.7. The van der Waals surface area contributed by atoms with E-state index in [4.69, 9.17) is 15.0 Å². The van der Waals surface area contributed by atoms with Crippen LogP contribution in [-0.2, 0) is 34.0 Å². The number of pyridine rings is 6. The van der Waals surface area contributed by atoms with Crippen LogP contribution < -0.4 is 16.0 Å². The normalized spacial score (nSPS) is 12.6. The number of benzene rings is 6. The van der Waals surface area contributed by atoms with Crippen molar-refractivity contribution in [3.63, 3.8) is 0 Å². The summed E-state index contributed by atoms with van der Waals surface area (Å²) < 4.78 is 43.9. The Kier molecular flexibility index (Phi) is 26.1. The maximum Gasteiger partial charge on any atom is 0.226 e. The van der Waals surface area contributed by atoms with Gasteiger partial charge in [0.1, 0.15) is 34.5 Å². The first-order valence-electron chi connectivity index (χ1n) is 41.4. The molecular formula is C98H99F3N24O3. The second-order valence-electron chi connectivity index (χ2n) is 32.6. The lowest BCUT2D eigenvalue weighted by Crippen LogP contribution is -2.36. The minimum absolute atomic E-state index is 0. The largest absolute Gasteiger partial charge is 0.335 e. The van der Waals surface area contributed by atoms with Crippen molar-refractivity contribution in [3.8, 4) is 101 Å². The Morgan fingerprint density at radius 2 is 0.750 bits per heavy atom. The van der Waals surface area contributed by atoms with Crippen LogP contribution in [0, 0.1) is 29.3 Å². The number of fused-ring (bicyclic) bond motifs is 6. The van der Waals surface area contributed by atoms with Crippen LogP contribution in [-0.4, -0.2) is 163 Å². The summed E-state index contributed by atoms with van der Waals surface area (Å²) >= 11 is 0. The van der Waals surface area contributed by atoms with E-state index in [2.05, 4.69) is 101 Å². The van der Waals surface area contributed by atoms with Gasteiger partial charge in [-0.05, 0) is 218 Å². The van der Waals surface area contributed by atoms with Crippen LogP contribution in [0.15, 0.2) is 202 Å². The van der Waals surface area contributed by atoms with Gasteiger partial charge in [0.15, 0.2) is 17.5 Å². The number of halogens is 3. The van der Waals surface area contributed by atoms with Crippen molar-refractivity contribution < 1.29 is 27.6 Å². The van der Waals surface area contributed by atoms with Crippen molar-refractivity contribution in [1.29, 1.82) is 0 Å². The molecule has 128 heavy (non-hydrogen) atoms. The monoisotopic (exact) mass is 1720 g/mol. The minimum atomic E-state index is -0.305. The quantitative estimate of drug-likeness (QED) is 0.0304. The van der Waals surface area contributed by atoms with E-state index in [1.54, 1.807) is 92.6 Å². The predicted molar refractivity (Wildman–Crippen MR) is 501 cm³/mol. The van der Waals surface area contributed by atoms with Gasteiger partial charge in [-0.25, -0.2) is 28.1 Å². The molecule has 27 nitrogen and oxygen atoms in total. The van der Waals surface area contributed by atoms with E-state index >= 15 is 0 Å². The highest BCUT2D eigenvalue weighted by Gasteiger charge is 2.25. The van der Waals surface area contributed by atoms with E-state index in [0.717, 1.165) is 166 Å². The number of nitrogens with one attached hydrogen (secondary N) is 9. The number of carbonyl (C=O) groups is 3. The number of anilines is 3. The summed E-state index contributed by atoms with van der Waals surface area (Å²) in [5.41, 5.74) is 23.3. The molecule has 9 N–H and O–H groups in total. The number of rotatable bonds is 22. The molecule has 6 aromatic carbocycles. The zero-order chi connectivity index (χ0) is 86.1. The molecule has 0 bridgehead atoms. The van der Waals surface area contributed by atoms with Crippen LogP contribution in [0.4, 0.5) is 30.2 Å². The number of imidazole rings is 3. The summed E-state index contributed by atoms with van der Waals surface area (Å²) in [5.74, 6) is 0.839. The van der Waals surface area contributed by atoms with Crippen LogP contribution in [0.2, 0.25) is 0 Å². The average Bonchev–Trinajstić information content (AvgIpc) is 1.70. The van der Waals surface area contributed by atoms with Gasteiger partial charge in [-0.15, -0.1) is 0 Å².